The number of hydrogen-bond donors (Lipinski definition) is 0. The SMILES string of the molecule is COc1ccccc1CO/N=[C]\c1ccc(C(F)F)cc1. The molecule has 3 nitrogen and oxygen atoms in total. The minimum absolute atomic E-state index is 0.0320. The molecule has 109 valence electrons. The highest BCUT2D eigenvalue weighted by Crippen LogP contribution is 2.19. The smallest absolute Gasteiger partial charge is 0.263 e. The summed E-state index contributed by atoms with van der Waals surface area (Å²) < 4.78 is 30.0. The molecule has 0 aromatic heterocycles. The first-order valence-electron chi connectivity index (χ1n) is 6.28. The molecule has 0 saturated heterocycles. The Morgan fingerprint density at radius 1 is 1.10 bits per heavy atom. The van der Waals surface area contributed by atoms with Crippen molar-refractivity contribution in [3.05, 3.63) is 65.2 Å². The van der Waals surface area contributed by atoms with E-state index in [4.69, 9.17) is 9.57 Å². The van der Waals surface area contributed by atoms with Crippen molar-refractivity contribution in [2.75, 3.05) is 7.11 Å². The van der Waals surface area contributed by atoms with Gasteiger partial charge in [0.25, 0.3) is 6.43 Å². The van der Waals surface area contributed by atoms with Gasteiger partial charge in [-0.3, -0.25) is 0 Å². The van der Waals surface area contributed by atoms with Crippen LogP contribution in [0.2, 0.25) is 0 Å². The number of methoxy groups -OCH3 is 1. The molecule has 0 spiro atoms. The molecule has 2 aromatic carbocycles. The number of para-hydroxylation sites is 1. The van der Waals surface area contributed by atoms with Crippen LogP contribution in [0.15, 0.2) is 53.7 Å². The molecule has 5 heteroatoms. The van der Waals surface area contributed by atoms with Gasteiger partial charge in [0.2, 0.25) is 0 Å². The number of nitrogens with zero attached hydrogens (tertiary/aromatic N) is 1. The van der Waals surface area contributed by atoms with Gasteiger partial charge in [-0.15, -0.1) is 0 Å². The van der Waals surface area contributed by atoms with Crippen molar-refractivity contribution >= 4 is 6.21 Å². The van der Waals surface area contributed by atoms with Crippen LogP contribution < -0.4 is 4.74 Å². The molecule has 0 amide bonds. The summed E-state index contributed by atoms with van der Waals surface area (Å²) in [5, 5.41) is 3.69. The van der Waals surface area contributed by atoms with Crippen LogP contribution in [0.5, 0.6) is 5.75 Å². The molecule has 0 unspecified atom stereocenters. The van der Waals surface area contributed by atoms with Gasteiger partial charge in [0, 0.05) is 16.7 Å². The third kappa shape index (κ3) is 4.27. The number of benzene rings is 2. The molecule has 2 aromatic rings. The Kier molecular flexibility index (Phi) is 5.26. The van der Waals surface area contributed by atoms with Crippen molar-refractivity contribution in [3.8, 4) is 5.75 Å². The van der Waals surface area contributed by atoms with Gasteiger partial charge < -0.3 is 9.57 Å². The minimum atomic E-state index is -2.47. The highest BCUT2D eigenvalue weighted by Gasteiger charge is 2.05. The number of alkyl halides is 2. The van der Waals surface area contributed by atoms with Crippen molar-refractivity contribution in [2.24, 2.45) is 5.16 Å². The Morgan fingerprint density at radius 2 is 1.81 bits per heavy atom. The first-order valence-corrected chi connectivity index (χ1v) is 6.28. The molecular formula is C16H14F2NO2. The van der Waals surface area contributed by atoms with Gasteiger partial charge in [-0.05, 0) is 6.07 Å². The molecule has 0 bridgehead atoms. The maximum atomic E-state index is 12.4. The third-order valence-corrected chi connectivity index (χ3v) is 2.81. The molecule has 1 radical (unpaired) electrons. The van der Waals surface area contributed by atoms with E-state index in [2.05, 4.69) is 11.4 Å². The topological polar surface area (TPSA) is 30.8 Å². The Balaban J connectivity index is 1.90. The highest BCUT2D eigenvalue weighted by molar-refractivity contribution is 5.79. The Morgan fingerprint density at radius 3 is 2.48 bits per heavy atom. The van der Waals surface area contributed by atoms with Crippen molar-refractivity contribution < 1.29 is 18.4 Å². The fraction of sp³-hybridized carbons (Fsp3) is 0.188. The molecule has 21 heavy (non-hydrogen) atoms. The van der Waals surface area contributed by atoms with Crippen LogP contribution in [0.25, 0.3) is 0 Å². The fourth-order valence-corrected chi connectivity index (χ4v) is 1.71. The molecule has 0 N–H and O–H groups in total. The quantitative estimate of drug-likeness (QED) is 0.593. The van der Waals surface area contributed by atoms with Crippen LogP contribution in [-0.4, -0.2) is 13.3 Å². The van der Waals surface area contributed by atoms with Crippen LogP contribution in [-0.2, 0) is 11.4 Å². The average molecular weight is 290 g/mol. The molecule has 0 saturated carbocycles. The first kappa shape index (κ1) is 15.0. The van der Waals surface area contributed by atoms with E-state index in [1.165, 1.54) is 24.3 Å². The molecule has 2 rings (SSSR count). The van der Waals surface area contributed by atoms with Gasteiger partial charge in [-0.1, -0.05) is 47.6 Å². The van der Waals surface area contributed by atoms with Crippen molar-refractivity contribution in [3.63, 3.8) is 0 Å². The van der Waals surface area contributed by atoms with E-state index in [0.717, 1.165) is 5.56 Å². The lowest BCUT2D eigenvalue weighted by atomic mass is 10.1. The second-order valence-corrected chi connectivity index (χ2v) is 4.21. The number of halogens is 2. The van der Waals surface area contributed by atoms with Gasteiger partial charge in [-0.2, -0.15) is 0 Å². The highest BCUT2D eigenvalue weighted by atomic mass is 19.3. The van der Waals surface area contributed by atoms with E-state index in [0.29, 0.717) is 11.3 Å². The zero-order valence-corrected chi connectivity index (χ0v) is 11.4. The number of rotatable bonds is 6. The third-order valence-electron chi connectivity index (χ3n) is 2.81. The standard InChI is InChI=1S/C16H14F2NO2/c1-20-15-5-3-2-4-14(15)11-21-19-10-12-6-8-13(9-7-12)16(17)18/h2-9,16H,11H2,1H3. The Bertz CT molecular complexity index is 597. The second-order valence-electron chi connectivity index (χ2n) is 4.21. The summed E-state index contributed by atoms with van der Waals surface area (Å²) in [4.78, 5) is 5.13. The lowest BCUT2D eigenvalue weighted by Gasteiger charge is -2.06. The number of hydrogen-bond acceptors (Lipinski definition) is 3. The summed E-state index contributed by atoms with van der Waals surface area (Å²) >= 11 is 0. The molecular weight excluding hydrogens is 276 g/mol. The Labute approximate surface area is 121 Å². The van der Waals surface area contributed by atoms with E-state index in [-0.39, 0.29) is 12.2 Å². The van der Waals surface area contributed by atoms with Crippen LogP contribution in [0.4, 0.5) is 8.78 Å². The maximum Gasteiger partial charge on any atom is 0.263 e. The summed E-state index contributed by atoms with van der Waals surface area (Å²) in [6.07, 6.45) is 0.161. The van der Waals surface area contributed by atoms with Crippen LogP contribution >= 0.6 is 0 Å². The second kappa shape index (κ2) is 7.38. The van der Waals surface area contributed by atoms with E-state index in [1.807, 2.05) is 24.3 Å². The molecule has 0 heterocycles. The monoisotopic (exact) mass is 290 g/mol. The Hall–Kier alpha value is -2.43. The van der Waals surface area contributed by atoms with Gasteiger partial charge in [0.05, 0.1) is 7.11 Å². The summed E-state index contributed by atoms with van der Waals surface area (Å²) in [6.45, 7) is 0.242. The summed E-state index contributed by atoms with van der Waals surface area (Å²) in [5.74, 6) is 0.717. The van der Waals surface area contributed by atoms with Gasteiger partial charge in [-0.25, -0.2) is 8.78 Å². The zero-order chi connectivity index (χ0) is 15.1. The van der Waals surface area contributed by atoms with E-state index in [1.54, 1.807) is 7.11 Å². The van der Waals surface area contributed by atoms with Crippen molar-refractivity contribution in [2.45, 2.75) is 13.0 Å². The van der Waals surface area contributed by atoms with E-state index in [9.17, 15) is 8.78 Å². The van der Waals surface area contributed by atoms with E-state index < -0.39 is 6.43 Å². The summed E-state index contributed by atoms with van der Waals surface area (Å²) in [6, 6.07) is 13.1. The lowest BCUT2D eigenvalue weighted by Crippen LogP contribution is -1.93. The van der Waals surface area contributed by atoms with Gasteiger partial charge >= 0.3 is 0 Å². The predicted octanol–water partition coefficient (Wildman–Crippen LogP) is 4.06. The fourth-order valence-electron chi connectivity index (χ4n) is 1.71. The minimum Gasteiger partial charge on any atom is -0.496 e. The average Bonchev–Trinajstić information content (AvgIpc) is 2.52. The zero-order valence-electron chi connectivity index (χ0n) is 11.4. The normalized spacial score (nSPS) is 11.0. The molecule has 0 aliphatic heterocycles. The molecule has 0 aliphatic carbocycles. The van der Waals surface area contributed by atoms with Crippen LogP contribution in [0.3, 0.4) is 0 Å². The summed E-state index contributed by atoms with van der Waals surface area (Å²) in [5.41, 5.74) is 1.40. The number of ether oxygens (including phenoxy) is 1. The predicted molar refractivity (Wildman–Crippen MR) is 75.7 cm³/mol. The molecule has 0 fully saturated rings. The van der Waals surface area contributed by atoms with Crippen LogP contribution in [0.1, 0.15) is 23.1 Å². The largest absolute Gasteiger partial charge is 0.496 e. The molecule has 0 aliphatic rings. The molecule has 0 atom stereocenters. The van der Waals surface area contributed by atoms with Crippen molar-refractivity contribution in [1.29, 1.82) is 0 Å². The van der Waals surface area contributed by atoms with Gasteiger partial charge in [0.15, 0.2) is 0 Å². The summed E-state index contributed by atoms with van der Waals surface area (Å²) in [7, 11) is 1.58. The lowest BCUT2D eigenvalue weighted by molar-refractivity contribution is 0.130. The van der Waals surface area contributed by atoms with Gasteiger partial charge in [0.1, 0.15) is 18.6 Å². The maximum absolute atomic E-state index is 12.4. The van der Waals surface area contributed by atoms with E-state index >= 15 is 0 Å². The van der Waals surface area contributed by atoms with Crippen molar-refractivity contribution in [1.82, 2.24) is 0 Å². The van der Waals surface area contributed by atoms with Crippen LogP contribution in [0, 0.1) is 0 Å². The first-order chi connectivity index (χ1) is 10.2.